The van der Waals surface area contributed by atoms with Crippen LogP contribution in [0.25, 0.3) is 0 Å². The lowest BCUT2D eigenvalue weighted by Gasteiger charge is -2.14. The highest BCUT2D eigenvalue weighted by Crippen LogP contribution is 2.17. The van der Waals surface area contributed by atoms with Gasteiger partial charge in [0, 0.05) is 18.7 Å². The lowest BCUT2D eigenvalue weighted by molar-refractivity contribution is 0.266. The van der Waals surface area contributed by atoms with Crippen molar-refractivity contribution in [2.75, 3.05) is 26.7 Å². The Labute approximate surface area is 98.2 Å². The third-order valence-corrected chi connectivity index (χ3v) is 2.67. The van der Waals surface area contributed by atoms with Crippen molar-refractivity contribution < 1.29 is 4.74 Å². The maximum atomic E-state index is 5.72. The molecular formula is C13H22N2O. The number of nitrogens with two attached hydrogens (primary N) is 1. The van der Waals surface area contributed by atoms with Crippen molar-refractivity contribution in [2.24, 2.45) is 5.73 Å². The summed E-state index contributed by atoms with van der Waals surface area (Å²) in [5.74, 6) is 0.921. The van der Waals surface area contributed by atoms with Crippen LogP contribution in [0.2, 0.25) is 0 Å². The molecule has 0 radical (unpaired) electrons. The smallest absolute Gasteiger partial charge is 0.123 e. The molecule has 0 aliphatic carbocycles. The van der Waals surface area contributed by atoms with Crippen LogP contribution in [0, 0.1) is 0 Å². The Kier molecular flexibility index (Phi) is 5.90. The van der Waals surface area contributed by atoms with Gasteiger partial charge in [-0.25, -0.2) is 0 Å². The zero-order chi connectivity index (χ0) is 11.8. The minimum atomic E-state index is 0.533. The number of nitrogens with zero attached hydrogens (tertiary/aromatic N) is 1. The fourth-order valence-electron chi connectivity index (χ4n) is 1.49. The summed E-state index contributed by atoms with van der Waals surface area (Å²) in [6, 6.07) is 7.95. The molecular weight excluding hydrogens is 200 g/mol. The van der Waals surface area contributed by atoms with E-state index in [9.17, 15) is 0 Å². The summed E-state index contributed by atoms with van der Waals surface area (Å²) in [7, 11) is 2.12. The molecule has 0 aliphatic rings. The van der Waals surface area contributed by atoms with Gasteiger partial charge in [0.05, 0.1) is 6.61 Å². The molecule has 0 aromatic heterocycles. The van der Waals surface area contributed by atoms with Gasteiger partial charge >= 0.3 is 0 Å². The Hall–Kier alpha value is -1.06. The molecule has 16 heavy (non-hydrogen) atoms. The topological polar surface area (TPSA) is 38.5 Å². The first-order chi connectivity index (χ1) is 7.77. The van der Waals surface area contributed by atoms with Crippen molar-refractivity contribution in [2.45, 2.75) is 19.9 Å². The Bertz CT molecular complexity index is 302. The average molecular weight is 222 g/mol. The Balaban J connectivity index is 2.31. The van der Waals surface area contributed by atoms with Gasteiger partial charge in [0.25, 0.3) is 0 Å². The van der Waals surface area contributed by atoms with E-state index in [1.165, 1.54) is 0 Å². The van der Waals surface area contributed by atoms with Crippen molar-refractivity contribution in [3.63, 3.8) is 0 Å². The zero-order valence-electron chi connectivity index (χ0n) is 10.3. The van der Waals surface area contributed by atoms with E-state index in [1.807, 2.05) is 24.3 Å². The maximum absolute atomic E-state index is 5.72. The second kappa shape index (κ2) is 7.25. The van der Waals surface area contributed by atoms with Crippen LogP contribution in [0.1, 0.15) is 18.9 Å². The maximum Gasteiger partial charge on any atom is 0.123 e. The number of ether oxygens (including phenoxy) is 1. The van der Waals surface area contributed by atoms with Crippen LogP contribution in [0.15, 0.2) is 24.3 Å². The lowest BCUT2D eigenvalue weighted by Crippen LogP contribution is -2.20. The molecule has 1 rings (SSSR count). The quantitative estimate of drug-likeness (QED) is 0.716. The highest BCUT2D eigenvalue weighted by molar-refractivity contribution is 5.32. The molecule has 3 heteroatoms. The summed E-state index contributed by atoms with van der Waals surface area (Å²) in [4.78, 5) is 2.28. The molecule has 0 saturated carbocycles. The summed E-state index contributed by atoms with van der Waals surface area (Å²) >= 11 is 0. The van der Waals surface area contributed by atoms with Gasteiger partial charge in [-0.15, -0.1) is 0 Å². The highest BCUT2D eigenvalue weighted by atomic mass is 16.5. The fraction of sp³-hybridized carbons (Fsp3) is 0.538. The van der Waals surface area contributed by atoms with Gasteiger partial charge in [-0.1, -0.05) is 25.1 Å². The van der Waals surface area contributed by atoms with Crippen molar-refractivity contribution in [1.29, 1.82) is 0 Å². The van der Waals surface area contributed by atoms with Crippen LogP contribution in [0.3, 0.4) is 0 Å². The number of rotatable bonds is 7. The van der Waals surface area contributed by atoms with Crippen LogP contribution in [0.4, 0.5) is 0 Å². The largest absolute Gasteiger partial charge is 0.493 e. The summed E-state index contributed by atoms with van der Waals surface area (Å²) in [6.07, 6.45) is 1.04. The first-order valence-electron chi connectivity index (χ1n) is 5.87. The van der Waals surface area contributed by atoms with Crippen LogP contribution < -0.4 is 10.5 Å². The standard InChI is InChI=1S/C13H22N2O/c1-3-15(2)9-6-10-16-13-8-5-4-7-12(13)11-14/h4-5,7-8H,3,6,9-11,14H2,1-2H3. The van der Waals surface area contributed by atoms with Crippen LogP contribution in [-0.4, -0.2) is 31.6 Å². The van der Waals surface area contributed by atoms with Crippen LogP contribution >= 0.6 is 0 Å². The van der Waals surface area contributed by atoms with Gasteiger partial charge < -0.3 is 15.4 Å². The van der Waals surface area contributed by atoms with Gasteiger partial charge in [0.15, 0.2) is 0 Å². The van der Waals surface area contributed by atoms with E-state index >= 15 is 0 Å². The minimum Gasteiger partial charge on any atom is -0.493 e. The minimum absolute atomic E-state index is 0.533. The van der Waals surface area contributed by atoms with Crippen molar-refractivity contribution in [3.05, 3.63) is 29.8 Å². The molecule has 3 nitrogen and oxygen atoms in total. The number of hydrogen-bond donors (Lipinski definition) is 1. The van der Waals surface area contributed by atoms with E-state index < -0.39 is 0 Å². The first kappa shape index (κ1) is 13.0. The number of hydrogen-bond acceptors (Lipinski definition) is 3. The normalized spacial score (nSPS) is 10.8. The van der Waals surface area contributed by atoms with Gasteiger partial charge in [-0.2, -0.15) is 0 Å². The van der Waals surface area contributed by atoms with E-state index in [1.54, 1.807) is 0 Å². The lowest BCUT2D eigenvalue weighted by atomic mass is 10.2. The zero-order valence-corrected chi connectivity index (χ0v) is 10.3. The number of para-hydroxylation sites is 1. The van der Waals surface area contributed by atoms with Crippen LogP contribution in [-0.2, 0) is 6.54 Å². The Morgan fingerprint density at radius 3 is 2.75 bits per heavy atom. The van der Waals surface area contributed by atoms with E-state index in [4.69, 9.17) is 10.5 Å². The van der Waals surface area contributed by atoms with E-state index in [-0.39, 0.29) is 0 Å². The third-order valence-electron chi connectivity index (χ3n) is 2.67. The van der Waals surface area contributed by atoms with E-state index in [2.05, 4.69) is 18.9 Å². The average Bonchev–Trinajstić information content (AvgIpc) is 2.34. The van der Waals surface area contributed by atoms with Crippen molar-refractivity contribution in [1.82, 2.24) is 4.90 Å². The summed E-state index contributed by atoms with van der Waals surface area (Å²) in [6.45, 7) is 5.59. The molecule has 0 spiro atoms. The summed E-state index contributed by atoms with van der Waals surface area (Å²) < 4.78 is 5.72. The molecule has 0 heterocycles. The van der Waals surface area contributed by atoms with Gasteiger partial charge in [0.2, 0.25) is 0 Å². The van der Waals surface area contributed by atoms with Gasteiger partial charge in [-0.3, -0.25) is 0 Å². The predicted molar refractivity (Wildman–Crippen MR) is 67.6 cm³/mol. The molecule has 0 unspecified atom stereocenters. The second-order valence-electron chi connectivity index (χ2n) is 3.91. The third kappa shape index (κ3) is 4.21. The summed E-state index contributed by atoms with van der Waals surface area (Å²) in [5.41, 5.74) is 6.71. The Morgan fingerprint density at radius 1 is 1.31 bits per heavy atom. The molecule has 0 saturated heterocycles. The number of benzene rings is 1. The monoisotopic (exact) mass is 222 g/mol. The van der Waals surface area contributed by atoms with E-state index in [0.717, 1.165) is 37.4 Å². The molecule has 0 atom stereocenters. The van der Waals surface area contributed by atoms with Gasteiger partial charge in [-0.05, 0) is 26.1 Å². The molecule has 2 N–H and O–H groups in total. The summed E-state index contributed by atoms with van der Waals surface area (Å²) in [5, 5.41) is 0. The van der Waals surface area contributed by atoms with Crippen molar-refractivity contribution >= 4 is 0 Å². The Morgan fingerprint density at radius 2 is 2.06 bits per heavy atom. The molecule has 1 aromatic rings. The second-order valence-corrected chi connectivity index (χ2v) is 3.91. The van der Waals surface area contributed by atoms with Crippen LogP contribution in [0.5, 0.6) is 5.75 Å². The molecule has 0 amide bonds. The molecule has 1 aromatic carbocycles. The predicted octanol–water partition coefficient (Wildman–Crippen LogP) is 1.87. The SMILES string of the molecule is CCN(C)CCCOc1ccccc1CN. The molecule has 90 valence electrons. The van der Waals surface area contributed by atoms with E-state index in [0.29, 0.717) is 6.54 Å². The van der Waals surface area contributed by atoms with Gasteiger partial charge in [0.1, 0.15) is 5.75 Å². The molecule has 0 fully saturated rings. The fourth-order valence-corrected chi connectivity index (χ4v) is 1.49. The highest BCUT2D eigenvalue weighted by Gasteiger charge is 2.00. The molecule has 0 bridgehead atoms. The van der Waals surface area contributed by atoms with Crippen molar-refractivity contribution in [3.8, 4) is 5.75 Å². The molecule has 0 aliphatic heterocycles. The first-order valence-corrected chi connectivity index (χ1v) is 5.87.